The van der Waals surface area contributed by atoms with E-state index in [9.17, 15) is 0 Å². The van der Waals surface area contributed by atoms with Gasteiger partial charge < -0.3 is 20.5 Å². The molecule has 30 heavy (non-hydrogen) atoms. The summed E-state index contributed by atoms with van der Waals surface area (Å²) >= 11 is 0. The number of nitrogens with one attached hydrogen (secondary N) is 2. The summed E-state index contributed by atoms with van der Waals surface area (Å²) in [6.07, 6.45) is 4.34. The van der Waals surface area contributed by atoms with Crippen LogP contribution < -0.4 is 20.5 Å². The van der Waals surface area contributed by atoms with Crippen molar-refractivity contribution in [2.45, 2.75) is 25.3 Å². The van der Waals surface area contributed by atoms with Crippen LogP contribution in [0.5, 0.6) is 11.5 Å². The number of methoxy groups -OCH3 is 2. The van der Waals surface area contributed by atoms with E-state index in [0.717, 1.165) is 19.3 Å². The van der Waals surface area contributed by atoms with Gasteiger partial charge in [0, 0.05) is 11.6 Å². The van der Waals surface area contributed by atoms with Crippen molar-refractivity contribution in [1.82, 2.24) is 9.97 Å². The molecule has 1 aromatic heterocycles. The molecule has 2 aromatic carbocycles. The highest BCUT2D eigenvalue weighted by Gasteiger charge is 2.23. The Morgan fingerprint density at radius 3 is 2.60 bits per heavy atom. The normalized spacial score (nSPS) is 15.2. The van der Waals surface area contributed by atoms with Crippen molar-refractivity contribution < 1.29 is 9.47 Å². The fraction of sp³-hybridized carbons (Fsp3) is 0.261. The van der Waals surface area contributed by atoms with Gasteiger partial charge in [-0.1, -0.05) is 24.3 Å². The summed E-state index contributed by atoms with van der Waals surface area (Å²) in [5.74, 6) is 1.99. The lowest BCUT2D eigenvalue weighted by molar-refractivity contribution is 0.355. The molecule has 154 valence electrons. The number of anilines is 2. The fourth-order valence-corrected chi connectivity index (χ4v) is 3.91. The van der Waals surface area contributed by atoms with E-state index in [1.165, 1.54) is 17.5 Å². The smallest absolute Gasteiger partial charge is 0.161 e. The Labute approximate surface area is 175 Å². The lowest BCUT2D eigenvalue weighted by Crippen LogP contribution is -2.29. The molecule has 0 saturated carbocycles. The molecule has 4 N–H and O–H groups in total. The predicted molar refractivity (Wildman–Crippen MR) is 118 cm³/mol. The molecule has 0 spiro atoms. The molecule has 3 aromatic rings. The maximum Gasteiger partial charge on any atom is 0.161 e. The summed E-state index contributed by atoms with van der Waals surface area (Å²) in [7, 11) is 3.15. The molecule has 1 aliphatic rings. The summed E-state index contributed by atoms with van der Waals surface area (Å²) in [5, 5.41) is 12.3. The maximum absolute atomic E-state index is 8.79. The first-order valence-electron chi connectivity index (χ1n) is 9.85. The topological polar surface area (TPSA) is 106 Å². The lowest BCUT2D eigenvalue weighted by Gasteiger charge is -2.27. The van der Waals surface area contributed by atoms with Gasteiger partial charge in [-0.15, -0.1) is 0 Å². The molecule has 1 atom stereocenters. The molecule has 7 nitrogen and oxygen atoms in total. The number of nitrogens with zero attached hydrogens (tertiary/aromatic N) is 2. The number of hydrogen-bond acceptors (Lipinski definition) is 7. The molecule has 7 heteroatoms. The number of rotatable bonds is 6. The van der Waals surface area contributed by atoms with E-state index < -0.39 is 0 Å². The van der Waals surface area contributed by atoms with Gasteiger partial charge in [-0.3, -0.25) is 5.41 Å². The molecule has 0 radical (unpaired) electrons. The van der Waals surface area contributed by atoms with Crippen molar-refractivity contribution >= 4 is 17.3 Å². The molecule has 1 unspecified atom stereocenters. The summed E-state index contributed by atoms with van der Waals surface area (Å²) in [5.41, 5.74) is 10.3. The number of hydrogen-bond donors (Lipinski definition) is 3. The molecule has 0 fully saturated rings. The average Bonchev–Trinajstić information content (AvgIpc) is 2.78. The monoisotopic (exact) mass is 403 g/mol. The quantitative estimate of drug-likeness (QED) is 0.544. The zero-order valence-electron chi connectivity index (χ0n) is 17.1. The van der Waals surface area contributed by atoms with E-state index in [2.05, 4.69) is 39.6 Å². The van der Waals surface area contributed by atoms with Gasteiger partial charge in [0.1, 0.15) is 18.0 Å². The van der Waals surface area contributed by atoms with Gasteiger partial charge >= 0.3 is 0 Å². The largest absolute Gasteiger partial charge is 0.493 e. The number of aryl methyl sites for hydroxylation is 1. The van der Waals surface area contributed by atoms with Crippen LogP contribution in [-0.2, 0) is 12.8 Å². The average molecular weight is 403 g/mol. The number of nitrogens with two attached hydrogens (primary N) is 1. The van der Waals surface area contributed by atoms with Crippen molar-refractivity contribution in [3.05, 3.63) is 71.0 Å². The highest BCUT2D eigenvalue weighted by molar-refractivity contribution is 6.16. The summed E-state index contributed by atoms with van der Waals surface area (Å²) in [6, 6.07) is 14.1. The summed E-state index contributed by atoms with van der Waals surface area (Å²) in [4.78, 5) is 8.54. The van der Waals surface area contributed by atoms with Crippen LogP contribution in [0.3, 0.4) is 0 Å². The first-order valence-corrected chi connectivity index (χ1v) is 9.85. The van der Waals surface area contributed by atoms with E-state index in [0.29, 0.717) is 28.4 Å². The Bertz CT molecular complexity index is 1080. The van der Waals surface area contributed by atoms with Gasteiger partial charge in [-0.2, -0.15) is 0 Å². The molecule has 1 heterocycles. The van der Waals surface area contributed by atoms with Crippen LogP contribution in [0.25, 0.3) is 0 Å². The second-order valence-electron chi connectivity index (χ2n) is 7.28. The maximum atomic E-state index is 8.79. The number of fused-ring (bicyclic) bond motifs is 1. The zero-order chi connectivity index (χ0) is 21.1. The standard InChI is InChI=1S/C23H25N5O2/c1-29-18-10-8-16(12-19(18)30-2)21(24)20-22(25)26-13-27-23(20)28-17-9-7-14-5-3-4-6-15(14)11-17/h3-6,8,10,12-13,17,24H,7,9,11H2,1-2H3,(H3,25,26,27,28). The van der Waals surface area contributed by atoms with Crippen LogP contribution in [0, 0.1) is 5.41 Å². The third kappa shape index (κ3) is 3.78. The first kappa shape index (κ1) is 19.7. The van der Waals surface area contributed by atoms with Crippen molar-refractivity contribution in [1.29, 1.82) is 5.41 Å². The minimum atomic E-state index is 0.214. The van der Waals surface area contributed by atoms with Gasteiger partial charge in [0.2, 0.25) is 0 Å². The second kappa shape index (κ2) is 8.41. The number of benzene rings is 2. The zero-order valence-corrected chi connectivity index (χ0v) is 17.1. The fourth-order valence-electron chi connectivity index (χ4n) is 3.91. The number of nitrogen functional groups attached to an aromatic ring is 1. The van der Waals surface area contributed by atoms with Crippen LogP contribution in [0.15, 0.2) is 48.8 Å². The molecule has 1 aliphatic carbocycles. The van der Waals surface area contributed by atoms with Crippen molar-refractivity contribution in [2.24, 2.45) is 0 Å². The Hall–Kier alpha value is -3.61. The van der Waals surface area contributed by atoms with E-state index in [-0.39, 0.29) is 17.6 Å². The van der Waals surface area contributed by atoms with E-state index >= 15 is 0 Å². The Kier molecular flexibility index (Phi) is 5.52. The molecule has 0 saturated heterocycles. The lowest BCUT2D eigenvalue weighted by atomic mass is 9.88. The molecular formula is C23H25N5O2. The van der Waals surface area contributed by atoms with Crippen molar-refractivity contribution in [2.75, 3.05) is 25.3 Å². The minimum absolute atomic E-state index is 0.214. The molecule has 4 rings (SSSR count). The van der Waals surface area contributed by atoms with Crippen molar-refractivity contribution in [3.8, 4) is 11.5 Å². The Morgan fingerprint density at radius 2 is 1.83 bits per heavy atom. The van der Waals surface area contributed by atoms with E-state index in [4.69, 9.17) is 20.6 Å². The SMILES string of the molecule is COc1ccc(C(=N)c2c(N)ncnc2NC2CCc3ccccc3C2)cc1OC. The second-order valence-corrected chi connectivity index (χ2v) is 7.28. The van der Waals surface area contributed by atoms with Crippen LogP contribution in [-0.4, -0.2) is 35.9 Å². The molecular weight excluding hydrogens is 378 g/mol. The molecule has 0 bridgehead atoms. The van der Waals surface area contributed by atoms with Crippen LogP contribution in [0.4, 0.5) is 11.6 Å². The van der Waals surface area contributed by atoms with Crippen LogP contribution in [0.2, 0.25) is 0 Å². The Morgan fingerprint density at radius 1 is 1.07 bits per heavy atom. The van der Waals surface area contributed by atoms with Crippen LogP contribution >= 0.6 is 0 Å². The molecule has 0 aliphatic heterocycles. The van der Waals surface area contributed by atoms with Gasteiger partial charge in [-0.25, -0.2) is 9.97 Å². The van der Waals surface area contributed by atoms with Gasteiger partial charge in [0.15, 0.2) is 11.5 Å². The van der Waals surface area contributed by atoms with Gasteiger partial charge in [0.05, 0.1) is 25.5 Å². The summed E-state index contributed by atoms with van der Waals surface area (Å²) in [6.45, 7) is 0. The molecule has 0 amide bonds. The van der Waals surface area contributed by atoms with Crippen molar-refractivity contribution in [3.63, 3.8) is 0 Å². The number of aromatic nitrogens is 2. The number of ether oxygens (including phenoxy) is 2. The van der Waals surface area contributed by atoms with E-state index in [1.807, 2.05) is 0 Å². The predicted octanol–water partition coefficient (Wildman–Crippen LogP) is 3.46. The third-order valence-corrected chi connectivity index (χ3v) is 5.49. The van der Waals surface area contributed by atoms with Gasteiger partial charge in [-0.05, 0) is 48.6 Å². The highest BCUT2D eigenvalue weighted by Crippen LogP contribution is 2.31. The first-order chi connectivity index (χ1) is 14.6. The van der Waals surface area contributed by atoms with Gasteiger partial charge in [0.25, 0.3) is 0 Å². The minimum Gasteiger partial charge on any atom is -0.493 e. The van der Waals surface area contributed by atoms with Crippen LogP contribution in [0.1, 0.15) is 28.7 Å². The third-order valence-electron chi connectivity index (χ3n) is 5.49. The highest BCUT2D eigenvalue weighted by atomic mass is 16.5. The summed E-state index contributed by atoms with van der Waals surface area (Å²) < 4.78 is 10.7. The van der Waals surface area contributed by atoms with E-state index in [1.54, 1.807) is 32.4 Å². The Balaban J connectivity index is 1.63.